The summed E-state index contributed by atoms with van der Waals surface area (Å²) < 4.78 is 25.5. The number of carbonyl (C=O) groups excluding carboxylic acids is 1. The molecule has 0 saturated carbocycles. The van der Waals surface area contributed by atoms with Gasteiger partial charge in [-0.25, -0.2) is 23.7 Å². The molecular formula is C22H19F2N7O. The first-order valence-corrected chi connectivity index (χ1v) is 9.75. The van der Waals surface area contributed by atoms with Gasteiger partial charge in [-0.15, -0.1) is 0 Å². The Morgan fingerprint density at radius 3 is 2.69 bits per heavy atom. The number of alkyl halides is 2. The molecule has 0 aliphatic rings. The van der Waals surface area contributed by atoms with Crippen molar-refractivity contribution in [1.29, 1.82) is 0 Å². The highest BCUT2D eigenvalue weighted by atomic mass is 19.3. The van der Waals surface area contributed by atoms with E-state index in [1.54, 1.807) is 36.8 Å². The number of nitrogens with one attached hydrogen (secondary N) is 3. The summed E-state index contributed by atoms with van der Waals surface area (Å²) in [4.78, 5) is 31.7. The second-order valence-electron chi connectivity index (χ2n) is 6.79. The second-order valence-corrected chi connectivity index (χ2v) is 6.79. The van der Waals surface area contributed by atoms with Crippen molar-refractivity contribution in [1.82, 2.24) is 30.2 Å². The number of rotatable bonds is 8. The number of hydrogen-bond acceptors (Lipinski definition) is 6. The third-order valence-corrected chi connectivity index (χ3v) is 4.56. The van der Waals surface area contributed by atoms with Crippen molar-refractivity contribution in [3.63, 3.8) is 0 Å². The number of nitrogens with zero attached hydrogens (tertiary/aromatic N) is 4. The highest BCUT2D eigenvalue weighted by Gasteiger charge is 2.11. The number of imidazole rings is 1. The molecule has 0 unspecified atom stereocenters. The molecule has 8 nitrogen and oxygen atoms in total. The molecule has 0 aliphatic heterocycles. The van der Waals surface area contributed by atoms with Crippen LogP contribution in [0, 0.1) is 0 Å². The molecule has 0 fully saturated rings. The van der Waals surface area contributed by atoms with E-state index < -0.39 is 6.43 Å². The van der Waals surface area contributed by atoms with Gasteiger partial charge in [0.1, 0.15) is 17.3 Å². The van der Waals surface area contributed by atoms with Crippen LogP contribution in [0.25, 0.3) is 11.3 Å². The number of H-pyrrole nitrogens is 1. The number of amides is 1. The smallest absolute Gasteiger partial charge is 0.280 e. The molecule has 1 amide bonds. The molecule has 0 bridgehead atoms. The normalized spacial score (nSPS) is 10.8. The van der Waals surface area contributed by atoms with E-state index in [1.807, 2.05) is 18.2 Å². The van der Waals surface area contributed by atoms with Crippen LogP contribution >= 0.6 is 0 Å². The first-order valence-electron chi connectivity index (χ1n) is 9.75. The van der Waals surface area contributed by atoms with Gasteiger partial charge in [-0.05, 0) is 36.4 Å². The van der Waals surface area contributed by atoms with Gasteiger partial charge in [0.2, 0.25) is 0 Å². The Morgan fingerprint density at radius 1 is 1.03 bits per heavy atom. The summed E-state index contributed by atoms with van der Waals surface area (Å²) in [5.74, 6) is 0.494. The Bertz CT molecular complexity index is 1200. The molecule has 10 heteroatoms. The quantitative estimate of drug-likeness (QED) is 0.389. The van der Waals surface area contributed by atoms with E-state index in [0.29, 0.717) is 12.1 Å². The van der Waals surface area contributed by atoms with Crippen LogP contribution in [0.4, 0.5) is 14.5 Å². The molecular weight excluding hydrogens is 416 g/mol. The standard InChI is InChI=1S/C22H19F2N7O/c23-21(24)17-6-9-26-19(30-17)13-29-22(32)15-2-1-3-16(10-15)27-12-20-28-11-18(31-20)14-4-7-25-8-5-14/h1-11,21,27H,12-13H2,(H,28,31)(H,29,32). The maximum atomic E-state index is 12.7. The minimum atomic E-state index is -2.69. The predicted molar refractivity (Wildman–Crippen MR) is 114 cm³/mol. The summed E-state index contributed by atoms with van der Waals surface area (Å²) >= 11 is 0. The van der Waals surface area contributed by atoms with Crippen LogP contribution in [0.2, 0.25) is 0 Å². The van der Waals surface area contributed by atoms with Gasteiger partial charge >= 0.3 is 0 Å². The number of benzene rings is 1. The summed E-state index contributed by atoms with van der Waals surface area (Å²) in [6, 6.07) is 11.9. The van der Waals surface area contributed by atoms with Crippen LogP contribution in [0.1, 0.15) is 34.1 Å². The highest BCUT2D eigenvalue weighted by molar-refractivity contribution is 5.95. The number of halogens is 2. The molecule has 0 spiro atoms. The SMILES string of the molecule is O=C(NCc1nccc(C(F)F)n1)c1cccc(NCc2ncc(-c3ccncc3)[nH]2)c1. The molecule has 162 valence electrons. The molecule has 4 rings (SSSR count). The van der Waals surface area contributed by atoms with Crippen LogP contribution in [-0.2, 0) is 13.1 Å². The Kier molecular flexibility index (Phi) is 6.40. The van der Waals surface area contributed by atoms with Gasteiger partial charge in [-0.2, -0.15) is 0 Å². The number of anilines is 1. The van der Waals surface area contributed by atoms with Gasteiger partial charge in [-0.3, -0.25) is 9.78 Å². The molecule has 0 saturated heterocycles. The lowest BCUT2D eigenvalue weighted by molar-refractivity contribution is 0.0950. The third-order valence-electron chi connectivity index (χ3n) is 4.56. The highest BCUT2D eigenvalue weighted by Crippen LogP contribution is 2.17. The van der Waals surface area contributed by atoms with Crippen molar-refractivity contribution in [2.75, 3.05) is 5.32 Å². The Balaban J connectivity index is 1.34. The molecule has 1 aromatic carbocycles. The zero-order valence-electron chi connectivity index (χ0n) is 16.8. The second kappa shape index (κ2) is 9.73. The number of carbonyl (C=O) groups is 1. The third kappa shape index (κ3) is 5.28. The zero-order valence-corrected chi connectivity index (χ0v) is 16.8. The van der Waals surface area contributed by atoms with Gasteiger partial charge in [0.05, 0.1) is 25.0 Å². The molecule has 4 aromatic rings. The van der Waals surface area contributed by atoms with E-state index in [4.69, 9.17) is 0 Å². The van der Waals surface area contributed by atoms with Crippen LogP contribution in [-0.4, -0.2) is 30.8 Å². The summed E-state index contributed by atoms with van der Waals surface area (Å²) in [6.07, 6.45) is 3.74. The topological polar surface area (TPSA) is 108 Å². The van der Waals surface area contributed by atoms with Crippen LogP contribution in [0.3, 0.4) is 0 Å². The molecule has 0 aliphatic carbocycles. The molecule has 3 heterocycles. The van der Waals surface area contributed by atoms with E-state index in [1.165, 1.54) is 6.20 Å². The largest absolute Gasteiger partial charge is 0.378 e. The summed E-state index contributed by atoms with van der Waals surface area (Å²) in [5.41, 5.74) is 2.64. The Labute approximate surface area is 182 Å². The summed E-state index contributed by atoms with van der Waals surface area (Å²) in [5, 5.41) is 5.86. The van der Waals surface area contributed by atoms with Crippen molar-refractivity contribution in [2.45, 2.75) is 19.5 Å². The fourth-order valence-corrected chi connectivity index (χ4v) is 2.97. The fourth-order valence-electron chi connectivity index (χ4n) is 2.97. The first kappa shape index (κ1) is 21.0. The van der Waals surface area contributed by atoms with E-state index in [-0.39, 0.29) is 24.0 Å². The van der Waals surface area contributed by atoms with Crippen molar-refractivity contribution in [3.8, 4) is 11.3 Å². The minimum absolute atomic E-state index is 0.0543. The minimum Gasteiger partial charge on any atom is -0.378 e. The van der Waals surface area contributed by atoms with Crippen molar-refractivity contribution < 1.29 is 13.6 Å². The van der Waals surface area contributed by atoms with Gasteiger partial charge in [0, 0.05) is 35.4 Å². The lowest BCUT2D eigenvalue weighted by Gasteiger charge is -2.08. The van der Waals surface area contributed by atoms with Gasteiger partial charge < -0.3 is 15.6 Å². The maximum Gasteiger partial charge on any atom is 0.280 e. The molecule has 0 atom stereocenters. The zero-order chi connectivity index (χ0) is 22.3. The Morgan fingerprint density at radius 2 is 1.88 bits per heavy atom. The van der Waals surface area contributed by atoms with Gasteiger partial charge in [0.15, 0.2) is 0 Å². The van der Waals surface area contributed by atoms with Crippen molar-refractivity contribution in [3.05, 3.63) is 90.2 Å². The van der Waals surface area contributed by atoms with E-state index in [9.17, 15) is 13.6 Å². The number of pyridine rings is 1. The first-order chi connectivity index (χ1) is 15.6. The fraction of sp³-hybridized carbons (Fsp3) is 0.136. The van der Waals surface area contributed by atoms with E-state index >= 15 is 0 Å². The molecule has 0 radical (unpaired) electrons. The maximum absolute atomic E-state index is 12.7. The number of hydrogen-bond donors (Lipinski definition) is 3. The van der Waals surface area contributed by atoms with Gasteiger partial charge in [-0.1, -0.05) is 6.07 Å². The number of aromatic nitrogens is 5. The summed E-state index contributed by atoms with van der Waals surface area (Å²) in [6.45, 7) is 0.381. The molecule has 32 heavy (non-hydrogen) atoms. The van der Waals surface area contributed by atoms with E-state index in [2.05, 4.69) is 35.6 Å². The lowest BCUT2D eigenvalue weighted by Crippen LogP contribution is -2.24. The molecule has 3 N–H and O–H groups in total. The number of aromatic amines is 1. The average Bonchev–Trinajstić information content (AvgIpc) is 3.31. The average molecular weight is 435 g/mol. The lowest BCUT2D eigenvalue weighted by atomic mass is 10.2. The molecule has 3 aromatic heterocycles. The summed E-state index contributed by atoms with van der Waals surface area (Å²) in [7, 11) is 0. The Hall–Kier alpha value is -4.21. The predicted octanol–water partition coefficient (Wildman–Crippen LogP) is 3.74. The van der Waals surface area contributed by atoms with Crippen LogP contribution in [0.5, 0.6) is 0 Å². The van der Waals surface area contributed by atoms with Crippen molar-refractivity contribution in [2.24, 2.45) is 0 Å². The van der Waals surface area contributed by atoms with Crippen LogP contribution < -0.4 is 10.6 Å². The van der Waals surface area contributed by atoms with Gasteiger partial charge in [0.25, 0.3) is 12.3 Å². The monoisotopic (exact) mass is 435 g/mol. The van der Waals surface area contributed by atoms with Crippen LogP contribution in [0.15, 0.2) is 67.3 Å². The van der Waals surface area contributed by atoms with Crippen molar-refractivity contribution >= 4 is 11.6 Å². The van der Waals surface area contributed by atoms with E-state index in [0.717, 1.165) is 28.8 Å².